The lowest BCUT2D eigenvalue weighted by molar-refractivity contribution is 0.306. The van der Waals surface area contributed by atoms with Crippen LogP contribution in [0.5, 0.6) is 5.75 Å². The third-order valence-corrected chi connectivity index (χ3v) is 8.62. The lowest BCUT2D eigenvalue weighted by Crippen LogP contribution is -2.25. The quantitative estimate of drug-likeness (QED) is 0.176. The number of nitrogens with zero attached hydrogens (tertiary/aromatic N) is 4. The largest absolute Gasteiger partial charge is 0.489 e. The van der Waals surface area contributed by atoms with Gasteiger partial charge in [-0.2, -0.15) is 9.78 Å². The molecule has 0 aliphatic heterocycles. The molecule has 6 rings (SSSR count). The summed E-state index contributed by atoms with van der Waals surface area (Å²) >= 11 is 12.3. The van der Waals surface area contributed by atoms with E-state index in [0.29, 0.717) is 22.0 Å². The molecule has 5 aromatic rings. The number of hydrogen-bond acceptors (Lipinski definition) is 4. The summed E-state index contributed by atoms with van der Waals surface area (Å²) in [7, 11) is 0. The van der Waals surface area contributed by atoms with Gasteiger partial charge in [0.25, 0.3) is 5.56 Å². The highest BCUT2D eigenvalue weighted by Crippen LogP contribution is 2.32. The van der Waals surface area contributed by atoms with E-state index in [4.69, 9.17) is 38.0 Å². The van der Waals surface area contributed by atoms with Crippen molar-refractivity contribution < 1.29 is 4.74 Å². The predicted octanol–water partition coefficient (Wildman–Crippen LogP) is 8.62. The molecule has 0 radical (unpaired) electrons. The van der Waals surface area contributed by atoms with E-state index in [9.17, 15) is 4.79 Å². The Labute approximate surface area is 255 Å². The zero-order valence-corrected chi connectivity index (χ0v) is 25.2. The van der Waals surface area contributed by atoms with E-state index in [1.54, 1.807) is 18.3 Å². The number of aryl methyl sites for hydroxylation is 1. The summed E-state index contributed by atoms with van der Waals surface area (Å²) in [6.07, 6.45) is 7.38. The number of rotatable bonds is 7. The first-order valence-electron chi connectivity index (χ1n) is 14.3. The number of benzene rings is 3. The summed E-state index contributed by atoms with van der Waals surface area (Å²) in [6.45, 7) is 4.47. The molecule has 214 valence electrons. The van der Waals surface area contributed by atoms with E-state index in [-0.39, 0.29) is 11.5 Å². The summed E-state index contributed by atoms with van der Waals surface area (Å²) in [5.41, 5.74) is 5.52. The van der Waals surface area contributed by atoms with Crippen LogP contribution in [0, 0.1) is 13.8 Å². The Morgan fingerprint density at radius 2 is 1.74 bits per heavy atom. The summed E-state index contributed by atoms with van der Waals surface area (Å²) in [4.78, 5) is 18.5. The van der Waals surface area contributed by atoms with Gasteiger partial charge in [0.1, 0.15) is 18.2 Å². The molecule has 1 fully saturated rings. The van der Waals surface area contributed by atoms with Gasteiger partial charge in [-0.1, -0.05) is 60.7 Å². The molecule has 2 aromatic heterocycles. The molecule has 0 amide bonds. The van der Waals surface area contributed by atoms with Gasteiger partial charge in [0.05, 0.1) is 17.1 Å². The van der Waals surface area contributed by atoms with Gasteiger partial charge in [-0.3, -0.25) is 4.79 Å². The Morgan fingerprint density at radius 1 is 0.976 bits per heavy atom. The molecule has 2 heterocycles. The molecule has 1 aliphatic rings. The van der Waals surface area contributed by atoms with Crippen LogP contribution in [0.4, 0.5) is 0 Å². The van der Waals surface area contributed by atoms with Crippen LogP contribution in [0.1, 0.15) is 66.4 Å². The second-order valence-electron chi connectivity index (χ2n) is 10.9. The Bertz CT molecular complexity index is 1830. The standard InChI is InChI=1S/C34H32Cl2N4O2/c1-22-18-26(20-37-40-33(24-8-4-3-5-9-24)38-32-11-7-6-10-30(32)34(40)41)23(2)39(22)28-14-16-29(17-15-28)42-21-25-12-13-27(35)19-31(25)36/h6-7,10-20,24H,3-5,8-9,21H2,1-2H3. The number of ether oxygens (including phenoxy) is 1. The number of aromatic nitrogens is 3. The highest BCUT2D eigenvalue weighted by molar-refractivity contribution is 6.35. The SMILES string of the molecule is Cc1cc(C=Nn2c(C3CCCCC3)nc3ccccc3c2=O)c(C)n1-c1ccc(OCc2ccc(Cl)cc2Cl)cc1. The molecule has 6 nitrogen and oxygen atoms in total. The van der Waals surface area contributed by atoms with Crippen molar-refractivity contribution in [2.75, 3.05) is 0 Å². The average molecular weight is 600 g/mol. The van der Waals surface area contributed by atoms with Crippen LogP contribution in [-0.2, 0) is 6.61 Å². The zero-order valence-electron chi connectivity index (χ0n) is 23.7. The summed E-state index contributed by atoms with van der Waals surface area (Å²) < 4.78 is 9.67. The molecule has 42 heavy (non-hydrogen) atoms. The maximum absolute atomic E-state index is 13.6. The number of halogens is 2. The number of fused-ring (bicyclic) bond motifs is 1. The Morgan fingerprint density at radius 3 is 2.50 bits per heavy atom. The van der Waals surface area contributed by atoms with Crippen molar-refractivity contribution in [3.8, 4) is 11.4 Å². The number of para-hydroxylation sites is 1. The maximum atomic E-state index is 13.6. The van der Waals surface area contributed by atoms with Gasteiger partial charge in [-0.15, -0.1) is 0 Å². The van der Waals surface area contributed by atoms with Crippen LogP contribution < -0.4 is 10.3 Å². The molecule has 1 aliphatic carbocycles. The van der Waals surface area contributed by atoms with Crippen LogP contribution in [0.25, 0.3) is 16.6 Å². The zero-order chi connectivity index (χ0) is 29.2. The fourth-order valence-electron chi connectivity index (χ4n) is 5.80. The minimum Gasteiger partial charge on any atom is -0.489 e. The third-order valence-electron chi connectivity index (χ3n) is 8.04. The molecule has 0 spiro atoms. The molecule has 1 saturated carbocycles. The highest BCUT2D eigenvalue weighted by atomic mass is 35.5. The maximum Gasteiger partial charge on any atom is 0.282 e. The fraction of sp³-hybridized carbons (Fsp3) is 0.265. The lowest BCUT2D eigenvalue weighted by Gasteiger charge is -2.22. The normalized spacial score (nSPS) is 14.2. The van der Waals surface area contributed by atoms with E-state index in [1.807, 2.05) is 54.6 Å². The third kappa shape index (κ3) is 5.74. The van der Waals surface area contributed by atoms with Crippen molar-refractivity contribution in [3.63, 3.8) is 0 Å². The van der Waals surface area contributed by atoms with E-state index in [0.717, 1.165) is 71.0 Å². The van der Waals surface area contributed by atoms with E-state index in [1.165, 1.54) is 11.1 Å². The molecular formula is C34H32Cl2N4O2. The minimum absolute atomic E-state index is 0.123. The molecule has 8 heteroatoms. The first kappa shape index (κ1) is 28.3. The van der Waals surface area contributed by atoms with Crippen LogP contribution in [0.15, 0.2) is 82.7 Å². The van der Waals surface area contributed by atoms with Crippen molar-refractivity contribution in [2.24, 2.45) is 5.10 Å². The van der Waals surface area contributed by atoms with E-state index >= 15 is 0 Å². The molecule has 3 aromatic carbocycles. The minimum atomic E-state index is -0.123. The van der Waals surface area contributed by atoms with Crippen molar-refractivity contribution in [1.29, 1.82) is 0 Å². The molecule has 0 unspecified atom stereocenters. The van der Waals surface area contributed by atoms with Gasteiger partial charge in [0, 0.05) is 44.2 Å². The Kier molecular flexibility index (Phi) is 8.18. The summed E-state index contributed by atoms with van der Waals surface area (Å²) in [5, 5.41) is 6.52. The smallest absolute Gasteiger partial charge is 0.282 e. The van der Waals surface area contributed by atoms with Crippen LogP contribution in [0.3, 0.4) is 0 Å². The van der Waals surface area contributed by atoms with Crippen molar-refractivity contribution in [2.45, 2.75) is 58.5 Å². The van der Waals surface area contributed by atoms with Gasteiger partial charge in [0.15, 0.2) is 0 Å². The summed E-state index contributed by atoms with van der Waals surface area (Å²) in [5.74, 6) is 1.74. The van der Waals surface area contributed by atoms with E-state index < -0.39 is 0 Å². The first-order chi connectivity index (χ1) is 20.4. The number of hydrogen-bond donors (Lipinski definition) is 0. The molecule has 0 N–H and O–H groups in total. The molecule has 0 atom stereocenters. The fourth-order valence-corrected chi connectivity index (χ4v) is 6.27. The lowest BCUT2D eigenvalue weighted by atomic mass is 9.88. The topological polar surface area (TPSA) is 61.4 Å². The van der Waals surface area contributed by atoms with Crippen molar-refractivity contribution >= 4 is 40.3 Å². The summed E-state index contributed by atoms with van der Waals surface area (Å²) in [6, 6.07) is 23.0. The van der Waals surface area contributed by atoms with Crippen LogP contribution in [-0.4, -0.2) is 20.4 Å². The Balaban J connectivity index is 1.27. The van der Waals surface area contributed by atoms with Crippen LogP contribution >= 0.6 is 23.2 Å². The average Bonchev–Trinajstić information content (AvgIpc) is 3.29. The highest BCUT2D eigenvalue weighted by Gasteiger charge is 2.22. The second-order valence-corrected chi connectivity index (χ2v) is 11.7. The Hall–Kier alpha value is -3.87. The van der Waals surface area contributed by atoms with Crippen LogP contribution in [0.2, 0.25) is 10.0 Å². The van der Waals surface area contributed by atoms with Crippen molar-refractivity contribution in [3.05, 3.63) is 122 Å². The first-order valence-corrected chi connectivity index (χ1v) is 15.1. The second kappa shape index (κ2) is 12.2. The van der Waals surface area contributed by atoms with Gasteiger partial charge >= 0.3 is 0 Å². The van der Waals surface area contributed by atoms with E-state index in [2.05, 4.69) is 24.5 Å². The van der Waals surface area contributed by atoms with Gasteiger partial charge in [-0.05, 0) is 81.3 Å². The molecular weight excluding hydrogens is 567 g/mol. The molecule has 0 saturated heterocycles. The van der Waals surface area contributed by atoms with Gasteiger partial charge < -0.3 is 9.30 Å². The monoisotopic (exact) mass is 598 g/mol. The predicted molar refractivity (Wildman–Crippen MR) is 171 cm³/mol. The van der Waals surface area contributed by atoms with Gasteiger partial charge in [-0.25, -0.2) is 4.98 Å². The molecule has 0 bridgehead atoms. The van der Waals surface area contributed by atoms with Crippen molar-refractivity contribution in [1.82, 2.24) is 14.2 Å². The van der Waals surface area contributed by atoms with Gasteiger partial charge in [0.2, 0.25) is 0 Å².